The third kappa shape index (κ3) is 3.79. The van der Waals surface area contributed by atoms with Crippen molar-refractivity contribution in [3.8, 4) is 22.7 Å². The number of aromatic nitrogens is 6. The molecule has 3 heterocycles. The topological polar surface area (TPSA) is 85.4 Å². The van der Waals surface area contributed by atoms with Crippen LogP contribution in [-0.4, -0.2) is 30.2 Å². The summed E-state index contributed by atoms with van der Waals surface area (Å²) in [6.45, 7) is 2.98. The molecule has 5 rings (SSSR count). The lowest BCUT2D eigenvalue weighted by molar-refractivity contribution is 0.629. The molecule has 5 aromatic rings. The van der Waals surface area contributed by atoms with Gasteiger partial charge in [0.25, 0.3) is 0 Å². The monoisotopic (exact) mass is 476 g/mol. The first-order valence-corrected chi connectivity index (χ1v) is 11.1. The van der Waals surface area contributed by atoms with E-state index in [4.69, 9.17) is 4.42 Å². The minimum absolute atomic E-state index is 0.600. The van der Waals surface area contributed by atoms with Crippen molar-refractivity contribution in [1.29, 1.82) is 0 Å². The van der Waals surface area contributed by atoms with Crippen LogP contribution in [0.15, 0.2) is 63.7 Å². The summed E-state index contributed by atoms with van der Waals surface area (Å²) in [4.78, 5) is 4.52. The molecule has 1 N–H and O–H groups in total. The Balaban J connectivity index is 1.52. The zero-order valence-electron chi connectivity index (χ0n) is 17.0. The Hall–Kier alpha value is -3.26. The first-order chi connectivity index (χ1) is 15.2. The Kier molecular flexibility index (Phi) is 5.38. The second kappa shape index (κ2) is 8.47. The molecule has 0 aliphatic heterocycles. The summed E-state index contributed by atoms with van der Waals surface area (Å²) in [5.41, 5.74) is 3.82. The second-order valence-corrected chi connectivity index (χ2v) is 8.24. The highest BCUT2D eigenvalue weighted by Gasteiger charge is 2.19. The van der Waals surface area contributed by atoms with Crippen LogP contribution in [0.5, 0.6) is 0 Å². The van der Waals surface area contributed by atoms with E-state index >= 15 is 0 Å². The number of halogens is 1. The van der Waals surface area contributed by atoms with Crippen molar-refractivity contribution in [2.45, 2.75) is 32.7 Å². The summed E-state index contributed by atoms with van der Waals surface area (Å²) in [6, 6.07) is 14.2. The lowest BCUT2D eigenvalue weighted by Gasteiger charge is -2.08. The van der Waals surface area contributed by atoms with Crippen molar-refractivity contribution in [3.05, 3.63) is 70.7 Å². The van der Waals surface area contributed by atoms with Gasteiger partial charge in [0.2, 0.25) is 0 Å². The molecule has 3 aromatic heterocycles. The van der Waals surface area contributed by atoms with Gasteiger partial charge in [0, 0.05) is 41.9 Å². The number of hydrogen-bond donors (Lipinski definition) is 1. The number of fused-ring (bicyclic) bond motifs is 1. The average Bonchev–Trinajstić information content (AvgIpc) is 3.54. The Morgan fingerprint density at radius 3 is 2.81 bits per heavy atom. The normalized spacial score (nSPS) is 11.4. The van der Waals surface area contributed by atoms with Gasteiger partial charge in [-0.15, -0.1) is 5.10 Å². The molecule has 0 amide bonds. The summed E-state index contributed by atoms with van der Waals surface area (Å²) in [7, 11) is 0. The van der Waals surface area contributed by atoms with E-state index in [9.17, 15) is 0 Å². The number of hydrogen-bond acceptors (Lipinski definition) is 5. The number of aryl methyl sites for hydroxylation is 1. The van der Waals surface area contributed by atoms with E-state index in [0.717, 1.165) is 64.0 Å². The third-order valence-electron chi connectivity index (χ3n) is 5.37. The number of imidazole rings is 1. The molecular weight excluding hydrogens is 456 g/mol. The van der Waals surface area contributed by atoms with E-state index in [-0.39, 0.29) is 0 Å². The largest absolute Gasteiger partial charge is 0.455 e. The van der Waals surface area contributed by atoms with Gasteiger partial charge in [0.15, 0.2) is 5.82 Å². The zero-order valence-corrected chi connectivity index (χ0v) is 18.6. The van der Waals surface area contributed by atoms with Crippen LogP contribution in [0.3, 0.4) is 0 Å². The Labute approximate surface area is 187 Å². The summed E-state index contributed by atoms with van der Waals surface area (Å²) < 4.78 is 9.38. The third-order valence-corrected chi connectivity index (χ3v) is 6.16. The molecule has 0 fully saturated rings. The summed E-state index contributed by atoms with van der Waals surface area (Å²) in [6.07, 6.45) is 7.23. The molecular formula is C23H21BrN6O. The fraction of sp³-hybridized carbons (Fsp3) is 0.217. The predicted molar refractivity (Wildman–Crippen MR) is 122 cm³/mol. The number of tetrazole rings is 1. The van der Waals surface area contributed by atoms with Gasteiger partial charge in [0.1, 0.15) is 17.2 Å². The Bertz CT molecular complexity index is 1320. The number of unbranched alkanes of at least 4 members (excludes halogenated alkanes) is 1. The van der Waals surface area contributed by atoms with E-state index in [1.165, 1.54) is 5.56 Å². The standard InChI is InChI=1S/C23H21BrN6O/c1-2-3-8-20-25-11-12-30(20)14-15-9-10-19-18(13-15)21(24)22(31-19)16-6-4-5-7-17(16)23-26-28-29-27-23/h4-7,9-13H,2-3,8,14H2,1H3,(H,26,27,28,29). The van der Waals surface area contributed by atoms with Crippen LogP contribution in [0.25, 0.3) is 33.7 Å². The van der Waals surface area contributed by atoms with Crippen LogP contribution < -0.4 is 0 Å². The van der Waals surface area contributed by atoms with Gasteiger partial charge in [-0.3, -0.25) is 0 Å². The fourth-order valence-corrected chi connectivity index (χ4v) is 4.40. The van der Waals surface area contributed by atoms with Gasteiger partial charge in [0.05, 0.1) is 4.47 Å². The molecule has 0 bridgehead atoms. The Morgan fingerprint density at radius 1 is 1.13 bits per heavy atom. The quantitative estimate of drug-likeness (QED) is 0.328. The highest BCUT2D eigenvalue weighted by molar-refractivity contribution is 9.10. The maximum absolute atomic E-state index is 6.24. The van der Waals surface area contributed by atoms with Crippen LogP contribution in [0.4, 0.5) is 0 Å². The minimum atomic E-state index is 0.600. The zero-order chi connectivity index (χ0) is 21.2. The Morgan fingerprint density at radius 2 is 2.00 bits per heavy atom. The molecule has 0 saturated heterocycles. The van der Waals surface area contributed by atoms with E-state index in [0.29, 0.717) is 5.82 Å². The van der Waals surface area contributed by atoms with Crippen molar-refractivity contribution in [2.75, 3.05) is 0 Å². The molecule has 0 aliphatic carbocycles. The molecule has 156 valence electrons. The van der Waals surface area contributed by atoms with Crippen LogP contribution in [0.2, 0.25) is 0 Å². The van der Waals surface area contributed by atoms with E-state index in [2.05, 4.69) is 65.2 Å². The molecule has 0 atom stereocenters. The van der Waals surface area contributed by atoms with Crippen LogP contribution in [-0.2, 0) is 13.0 Å². The molecule has 0 aliphatic rings. The smallest absolute Gasteiger partial charge is 0.180 e. The summed E-state index contributed by atoms with van der Waals surface area (Å²) >= 11 is 3.77. The van der Waals surface area contributed by atoms with Crippen LogP contribution >= 0.6 is 15.9 Å². The minimum Gasteiger partial charge on any atom is -0.455 e. The molecule has 0 radical (unpaired) electrons. The predicted octanol–water partition coefficient (Wildman–Crippen LogP) is 5.63. The van der Waals surface area contributed by atoms with Gasteiger partial charge >= 0.3 is 0 Å². The van der Waals surface area contributed by atoms with Gasteiger partial charge in [-0.1, -0.05) is 43.7 Å². The molecule has 0 saturated carbocycles. The molecule has 2 aromatic carbocycles. The number of rotatable bonds is 7. The van der Waals surface area contributed by atoms with Gasteiger partial charge in [-0.25, -0.2) is 10.1 Å². The first kappa shape index (κ1) is 19.7. The fourth-order valence-electron chi connectivity index (χ4n) is 3.79. The SMILES string of the molecule is CCCCc1nccn1Cc1ccc2oc(-c3ccccc3-c3nnn[nH]3)c(Br)c2c1. The van der Waals surface area contributed by atoms with Crippen molar-refractivity contribution in [3.63, 3.8) is 0 Å². The highest BCUT2D eigenvalue weighted by Crippen LogP contribution is 2.41. The van der Waals surface area contributed by atoms with Crippen molar-refractivity contribution >= 4 is 26.9 Å². The van der Waals surface area contributed by atoms with Crippen LogP contribution in [0.1, 0.15) is 31.2 Å². The van der Waals surface area contributed by atoms with E-state index < -0.39 is 0 Å². The molecule has 0 spiro atoms. The number of nitrogens with zero attached hydrogens (tertiary/aromatic N) is 5. The van der Waals surface area contributed by atoms with Gasteiger partial charge in [-0.05, 0) is 50.5 Å². The maximum Gasteiger partial charge on any atom is 0.180 e. The van der Waals surface area contributed by atoms with Gasteiger partial charge in [-0.2, -0.15) is 0 Å². The van der Waals surface area contributed by atoms with E-state index in [1.54, 1.807) is 0 Å². The number of benzene rings is 2. The maximum atomic E-state index is 6.24. The number of nitrogens with one attached hydrogen (secondary N) is 1. The number of H-pyrrole nitrogens is 1. The first-order valence-electron chi connectivity index (χ1n) is 10.3. The molecule has 8 heteroatoms. The highest BCUT2D eigenvalue weighted by atomic mass is 79.9. The molecule has 7 nitrogen and oxygen atoms in total. The molecule has 0 unspecified atom stereocenters. The van der Waals surface area contributed by atoms with Gasteiger partial charge < -0.3 is 8.98 Å². The van der Waals surface area contributed by atoms with E-state index in [1.807, 2.05) is 42.7 Å². The average molecular weight is 477 g/mol. The van der Waals surface area contributed by atoms with Crippen LogP contribution in [0, 0.1) is 0 Å². The number of aromatic amines is 1. The second-order valence-electron chi connectivity index (χ2n) is 7.45. The number of furan rings is 1. The lowest BCUT2D eigenvalue weighted by atomic mass is 10.0. The summed E-state index contributed by atoms with van der Waals surface area (Å²) in [5, 5.41) is 15.3. The summed E-state index contributed by atoms with van der Waals surface area (Å²) in [5.74, 6) is 2.48. The van der Waals surface area contributed by atoms with Crippen molar-refractivity contribution < 1.29 is 4.42 Å². The van der Waals surface area contributed by atoms with Crippen molar-refractivity contribution in [1.82, 2.24) is 30.2 Å². The molecule has 31 heavy (non-hydrogen) atoms. The van der Waals surface area contributed by atoms with Crippen molar-refractivity contribution in [2.24, 2.45) is 0 Å². The lowest BCUT2D eigenvalue weighted by Crippen LogP contribution is -2.04.